The molecule has 1 atom stereocenters. The van der Waals surface area contributed by atoms with Gasteiger partial charge in [-0.2, -0.15) is 0 Å². The van der Waals surface area contributed by atoms with Crippen molar-refractivity contribution in [1.82, 2.24) is 9.55 Å². The summed E-state index contributed by atoms with van der Waals surface area (Å²) >= 11 is 1.31. The fraction of sp³-hybridized carbons (Fsp3) is 0.286. The van der Waals surface area contributed by atoms with Crippen LogP contribution in [0.3, 0.4) is 0 Å². The minimum atomic E-state index is -0.392. The molecule has 1 N–H and O–H groups in total. The molecule has 2 aromatic carbocycles. The van der Waals surface area contributed by atoms with Crippen LogP contribution in [0.1, 0.15) is 20.8 Å². The lowest BCUT2D eigenvalue weighted by atomic mass is 10.2. The molecule has 0 aliphatic rings. The van der Waals surface area contributed by atoms with Crippen molar-refractivity contribution in [3.8, 4) is 0 Å². The van der Waals surface area contributed by atoms with Crippen LogP contribution in [-0.4, -0.2) is 20.7 Å². The molecule has 0 fully saturated rings. The quantitative estimate of drug-likeness (QED) is 0.514. The minimum Gasteiger partial charge on any atom is -0.325 e. The van der Waals surface area contributed by atoms with Gasteiger partial charge in [-0.3, -0.25) is 14.2 Å². The van der Waals surface area contributed by atoms with Gasteiger partial charge in [-0.15, -0.1) is 0 Å². The summed E-state index contributed by atoms with van der Waals surface area (Å²) in [7, 11) is 0. The number of nitrogens with one attached hydrogen (secondary N) is 1. The summed E-state index contributed by atoms with van der Waals surface area (Å²) in [4.78, 5) is 30.2. The molecular formula is C21H23N3O2S. The third-order valence-electron chi connectivity index (χ3n) is 4.07. The van der Waals surface area contributed by atoms with Crippen LogP contribution in [0.2, 0.25) is 0 Å². The van der Waals surface area contributed by atoms with Crippen LogP contribution < -0.4 is 10.9 Å². The number of para-hydroxylation sites is 2. The molecule has 5 nitrogen and oxygen atoms in total. The summed E-state index contributed by atoms with van der Waals surface area (Å²) in [5.74, 6) is 0.170. The van der Waals surface area contributed by atoms with E-state index in [1.54, 1.807) is 10.6 Å². The standard InChI is InChI=1S/C21H23N3O2S/c1-14(2)13-24-20(26)17-11-7-8-12-18(17)23-21(24)27-15(3)19(25)22-16-9-5-4-6-10-16/h4-12,14-15H,13H2,1-3H3,(H,22,25). The maximum Gasteiger partial charge on any atom is 0.262 e. The number of thioether (sulfide) groups is 1. The van der Waals surface area contributed by atoms with E-state index in [1.165, 1.54) is 11.8 Å². The number of rotatable bonds is 6. The van der Waals surface area contributed by atoms with Crippen molar-refractivity contribution < 1.29 is 4.79 Å². The Kier molecular flexibility index (Phi) is 5.96. The van der Waals surface area contributed by atoms with E-state index in [-0.39, 0.29) is 11.5 Å². The molecule has 27 heavy (non-hydrogen) atoms. The molecule has 140 valence electrons. The smallest absolute Gasteiger partial charge is 0.262 e. The molecule has 1 amide bonds. The first-order valence-electron chi connectivity index (χ1n) is 8.98. The average molecular weight is 382 g/mol. The minimum absolute atomic E-state index is 0.0625. The Morgan fingerprint density at radius 1 is 1.07 bits per heavy atom. The van der Waals surface area contributed by atoms with Gasteiger partial charge in [0.1, 0.15) is 0 Å². The van der Waals surface area contributed by atoms with Gasteiger partial charge in [0.05, 0.1) is 16.2 Å². The van der Waals surface area contributed by atoms with E-state index in [9.17, 15) is 9.59 Å². The molecule has 3 rings (SSSR count). The fourth-order valence-electron chi connectivity index (χ4n) is 2.74. The highest BCUT2D eigenvalue weighted by molar-refractivity contribution is 8.00. The SMILES string of the molecule is CC(C)Cn1c(SC(C)C(=O)Nc2ccccc2)nc2ccccc2c1=O. The van der Waals surface area contributed by atoms with Gasteiger partial charge in [-0.1, -0.05) is 55.9 Å². The van der Waals surface area contributed by atoms with Crippen molar-refractivity contribution in [2.45, 2.75) is 37.7 Å². The second-order valence-corrected chi connectivity index (χ2v) is 8.14. The third kappa shape index (κ3) is 4.57. The van der Waals surface area contributed by atoms with Crippen LogP contribution in [0.4, 0.5) is 5.69 Å². The van der Waals surface area contributed by atoms with E-state index in [1.807, 2.05) is 55.5 Å². The van der Waals surface area contributed by atoms with Crippen LogP contribution in [0.15, 0.2) is 64.5 Å². The maximum absolute atomic E-state index is 12.9. The maximum atomic E-state index is 12.9. The Labute approximate surface area is 162 Å². The summed E-state index contributed by atoms with van der Waals surface area (Å²) in [6, 6.07) is 16.7. The number of carbonyl (C=O) groups excluding carboxylic acids is 1. The lowest BCUT2D eigenvalue weighted by Gasteiger charge is -2.17. The van der Waals surface area contributed by atoms with Crippen molar-refractivity contribution in [3.05, 3.63) is 65.0 Å². The summed E-state index contributed by atoms with van der Waals surface area (Å²) < 4.78 is 1.68. The van der Waals surface area contributed by atoms with E-state index < -0.39 is 5.25 Å². The number of hydrogen-bond acceptors (Lipinski definition) is 4. The van der Waals surface area contributed by atoms with E-state index in [4.69, 9.17) is 0 Å². The van der Waals surface area contributed by atoms with Crippen molar-refractivity contribution in [3.63, 3.8) is 0 Å². The van der Waals surface area contributed by atoms with Crippen molar-refractivity contribution in [2.75, 3.05) is 5.32 Å². The highest BCUT2D eigenvalue weighted by Crippen LogP contribution is 2.24. The first kappa shape index (κ1) is 19.2. The largest absolute Gasteiger partial charge is 0.325 e. The third-order valence-corrected chi connectivity index (χ3v) is 5.16. The molecule has 1 unspecified atom stereocenters. The predicted octanol–water partition coefficient (Wildman–Crippen LogP) is 4.17. The Morgan fingerprint density at radius 3 is 2.44 bits per heavy atom. The molecule has 0 saturated heterocycles. The molecule has 0 spiro atoms. The number of benzene rings is 2. The van der Waals surface area contributed by atoms with Gasteiger partial charge in [-0.25, -0.2) is 4.98 Å². The van der Waals surface area contributed by atoms with Crippen LogP contribution in [0.25, 0.3) is 10.9 Å². The fourth-order valence-corrected chi connectivity index (χ4v) is 3.66. The van der Waals surface area contributed by atoms with Gasteiger partial charge in [0.15, 0.2) is 5.16 Å². The Balaban J connectivity index is 1.90. The zero-order chi connectivity index (χ0) is 19.4. The topological polar surface area (TPSA) is 64.0 Å². The van der Waals surface area contributed by atoms with Gasteiger partial charge >= 0.3 is 0 Å². The normalized spacial score (nSPS) is 12.3. The highest BCUT2D eigenvalue weighted by Gasteiger charge is 2.20. The Bertz CT molecular complexity index is 999. The second-order valence-electron chi connectivity index (χ2n) is 6.84. The summed E-state index contributed by atoms with van der Waals surface area (Å²) in [6.45, 7) is 6.50. The molecule has 0 saturated carbocycles. The van der Waals surface area contributed by atoms with Gasteiger partial charge in [0.2, 0.25) is 5.91 Å². The number of aromatic nitrogens is 2. The van der Waals surface area contributed by atoms with Gasteiger partial charge in [0.25, 0.3) is 5.56 Å². The monoisotopic (exact) mass is 381 g/mol. The van der Waals surface area contributed by atoms with E-state index >= 15 is 0 Å². The molecule has 1 heterocycles. The summed E-state index contributed by atoms with van der Waals surface area (Å²) in [5.41, 5.74) is 1.34. The summed E-state index contributed by atoms with van der Waals surface area (Å²) in [5, 5.41) is 3.68. The first-order valence-corrected chi connectivity index (χ1v) is 9.86. The Morgan fingerprint density at radius 2 is 1.74 bits per heavy atom. The van der Waals surface area contributed by atoms with Crippen LogP contribution in [0, 0.1) is 5.92 Å². The van der Waals surface area contributed by atoms with Crippen molar-refractivity contribution in [1.29, 1.82) is 0 Å². The number of fused-ring (bicyclic) bond motifs is 1. The lowest BCUT2D eigenvalue weighted by molar-refractivity contribution is -0.115. The average Bonchev–Trinajstić information content (AvgIpc) is 2.65. The number of carbonyl (C=O) groups is 1. The number of amides is 1. The zero-order valence-corrected chi connectivity index (χ0v) is 16.5. The second kappa shape index (κ2) is 8.39. The first-order chi connectivity index (χ1) is 13.0. The number of nitrogens with zero attached hydrogens (tertiary/aromatic N) is 2. The number of anilines is 1. The number of hydrogen-bond donors (Lipinski definition) is 1. The lowest BCUT2D eigenvalue weighted by Crippen LogP contribution is -2.28. The van der Waals surface area contributed by atoms with Crippen molar-refractivity contribution >= 4 is 34.3 Å². The van der Waals surface area contributed by atoms with E-state index in [0.29, 0.717) is 28.5 Å². The molecule has 0 aliphatic heterocycles. The highest BCUT2D eigenvalue weighted by atomic mass is 32.2. The van der Waals surface area contributed by atoms with Crippen LogP contribution >= 0.6 is 11.8 Å². The molecule has 0 aliphatic carbocycles. The predicted molar refractivity (Wildman–Crippen MR) is 111 cm³/mol. The van der Waals surface area contributed by atoms with Gasteiger partial charge in [-0.05, 0) is 37.1 Å². The van der Waals surface area contributed by atoms with E-state index in [0.717, 1.165) is 5.69 Å². The van der Waals surface area contributed by atoms with E-state index in [2.05, 4.69) is 24.1 Å². The molecular weight excluding hydrogens is 358 g/mol. The molecule has 1 aromatic heterocycles. The van der Waals surface area contributed by atoms with Crippen LogP contribution in [0.5, 0.6) is 0 Å². The van der Waals surface area contributed by atoms with Crippen molar-refractivity contribution in [2.24, 2.45) is 5.92 Å². The van der Waals surface area contributed by atoms with Gasteiger partial charge < -0.3 is 5.32 Å². The molecule has 6 heteroatoms. The van der Waals surface area contributed by atoms with Crippen LogP contribution in [-0.2, 0) is 11.3 Å². The molecule has 0 bridgehead atoms. The zero-order valence-electron chi connectivity index (χ0n) is 15.7. The van der Waals surface area contributed by atoms with Gasteiger partial charge in [0, 0.05) is 12.2 Å². The molecule has 3 aromatic rings. The Hall–Kier alpha value is -2.60. The summed E-state index contributed by atoms with van der Waals surface area (Å²) in [6.07, 6.45) is 0. The molecule has 0 radical (unpaired) electrons.